The van der Waals surface area contributed by atoms with Crippen molar-refractivity contribution in [2.45, 2.75) is 6.10 Å². The summed E-state index contributed by atoms with van der Waals surface area (Å²) in [7, 11) is 1.44. The monoisotopic (exact) mass is 523 g/mol. The highest BCUT2D eigenvalue weighted by Crippen LogP contribution is 2.27. The van der Waals surface area contributed by atoms with E-state index in [1.165, 1.54) is 48.3 Å². The zero-order chi connectivity index (χ0) is 26.4. The van der Waals surface area contributed by atoms with Gasteiger partial charge in [-0.3, -0.25) is 14.6 Å². The van der Waals surface area contributed by atoms with Gasteiger partial charge in [-0.2, -0.15) is 5.10 Å². The topological polar surface area (TPSA) is 118 Å². The smallest absolute Gasteiger partial charge is 0.271 e. The Labute approximate surface area is 216 Å². The number of benzene rings is 2. The fraction of sp³-hybridized carbons (Fsp3) is 0.154. The lowest BCUT2D eigenvalue weighted by Gasteiger charge is -2.11. The molecule has 0 aliphatic carbocycles. The number of aliphatic hydroxyl groups is 1. The van der Waals surface area contributed by atoms with Crippen LogP contribution in [0.4, 0.5) is 10.2 Å². The van der Waals surface area contributed by atoms with Crippen LogP contribution in [0, 0.1) is 5.82 Å². The number of hydrogen-bond donors (Lipinski definition) is 3. The molecule has 4 aromatic rings. The van der Waals surface area contributed by atoms with E-state index in [-0.39, 0.29) is 40.9 Å². The van der Waals surface area contributed by atoms with Gasteiger partial charge in [0.05, 0.1) is 29.0 Å². The van der Waals surface area contributed by atoms with Gasteiger partial charge in [0.15, 0.2) is 5.69 Å². The molecule has 0 bridgehead atoms. The van der Waals surface area contributed by atoms with Crippen molar-refractivity contribution < 1.29 is 23.8 Å². The molecule has 2 amide bonds. The van der Waals surface area contributed by atoms with Crippen LogP contribution < -0.4 is 10.6 Å². The second-order valence-electron chi connectivity index (χ2n) is 7.96. The van der Waals surface area contributed by atoms with Crippen LogP contribution in [0.2, 0.25) is 5.02 Å². The molecule has 190 valence electrons. The summed E-state index contributed by atoms with van der Waals surface area (Å²) in [6.07, 6.45) is 0.564. The lowest BCUT2D eigenvalue weighted by molar-refractivity contribution is 0.0608. The van der Waals surface area contributed by atoms with Gasteiger partial charge in [-0.1, -0.05) is 35.9 Å². The Bertz CT molecular complexity index is 1410. The van der Waals surface area contributed by atoms with Crippen molar-refractivity contribution in [1.82, 2.24) is 20.1 Å². The molecule has 1 unspecified atom stereocenters. The summed E-state index contributed by atoms with van der Waals surface area (Å²) in [5.74, 6) is -1.48. The van der Waals surface area contributed by atoms with Crippen molar-refractivity contribution >= 4 is 29.2 Å². The van der Waals surface area contributed by atoms with Crippen LogP contribution in [0.25, 0.3) is 16.9 Å². The summed E-state index contributed by atoms with van der Waals surface area (Å²) < 4.78 is 20.5. The largest absolute Gasteiger partial charge is 0.389 e. The van der Waals surface area contributed by atoms with E-state index in [1.807, 2.05) is 6.07 Å². The van der Waals surface area contributed by atoms with Gasteiger partial charge in [-0.25, -0.2) is 9.07 Å². The number of hydrogen-bond acceptors (Lipinski definition) is 6. The van der Waals surface area contributed by atoms with Crippen molar-refractivity contribution in [1.29, 1.82) is 0 Å². The average molecular weight is 524 g/mol. The van der Waals surface area contributed by atoms with Crippen molar-refractivity contribution in [3.8, 4) is 16.9 Å². The normalized spacial score (nSPS) is 11.7. The Morgan fingerprint density at radius 3 is 2.62 bits per heavy atom. The highest BCUT2D eigenvalue weighted by molar-refractivity contribution is 6.34. The third-order valence-electron chi connectivity index (χ3n) is 5.28. The quantitative estimate of drug-likeness (QED) is 0.308. The SMILES string of the molecule is COCC(O)CNC(=O)c1cc(NC(=O)c2cc(-c3ncccc3F)ccc2Cl)n(-c2ccccc2)n1. The van der Waals surface area contributed by atoms with Crippen LogP contribution in [0.5, 0.6) is 0 Å². The average Bonchev–Trinajstić information content (AvgIpc) is 3.32. The third kappa shape index (κ3) is 6.18. The first kappa shape index (κ1) is 26.0. The summed E-state index contributed by atoms with van der Waals surface area (Å²) in [5.41, 5.74) is 1.14. The first-order chi connectivity index (χ1) is 17.9. The van der Waals surface area contributed by atoms with Crippen LogP contribution in [0.1, 0.15) is 20.8 Å². The summed E-state index contributed by atoms with van der Waals surface area (Å²) in [4.78, 5) is 30.0. The molecule has 11 heteroatoms. The number of rotatable bonds is 9. The fourth-order valence-electron chi connectivity index (χ4n) is 3.53. The van der Waals surface area contributed by atoms with E-state index in [2.05, 4.69) is 20.7 Å². The summed E-state index contributed by atoms with van der Waals surface area (Å²) >= 11 is 6.30. The van der Waals surface area contributed by atoms with Gasteiger partial charge in [-0.05, 0) is 36.4 Å². The molecule has 0 spiro atoms. The van der Waals surface area contributed by atoms with Crippen LogP contribution in [-0.2, 0) is 4.74 Å². The van der Waals surface area contributed by atoms with E-state index in [1.54, 1.807) is 30.3 Å². The van der Waals surface area contributed by atoms with Gasteiger partial charge in [0.25, 0.3) is 11.8 Å². The molecule has 3 N–H and O–H groups in total. The van der Waals surface area contributed by atoms with Crippen molar-refractivity contribution in [3.63, 3.8) is 0 Å². The highest BCUT2D eigenvalue weighted by atomic mass is 35.5. The molecule has 9 nitrogen and oxygen atoms in total. The van der Waals surface area contributed by atoms with E-state index < -0.39 is 23.7 Å². The molecule has 0 saturated carbocycles. The number of ether oxygens (including phenoxy) is 1. The number of nitrogens with zero attached hydrogens (tertiary/aromatic N) is 3. The first-order valence-corrected chi connectivity index (χ1v) is 11.6. The summed E-state index contributed by atoms with van der Waals surface area (Å²) in [5, 5.41) is 19.6. The van der Waals surface area contributed by atoms with Gasteiger partial charge in [0.1, 0.15) is 17.3 Å². The number of halogens is 2. The van der Waals surface area contributed by atoms with Gasteiger partial charge in [0.2, 0.25) is 0 Å². The molecule has 1 atom stereocenters. The van der Waals surface area contributed by atoms with Gasteiger partial charge >= 0.3 is 0 Å². The maximum absolute atomic E-state index is 14.3. The Morgan fingerprint density at radius 2 is 1.89 bits per heavy atom. The Morgan fingerprint density at radius 1 is 1.11 bits per heavy atom. The summed E-state index contributed by atoms with van der Waals surface area (Å²) in [6, 6.07) is 17.5. The number of aromatic nitrogens is 3. The van der Waals surface area contributed by atoms with Crippen LogP contribution in [0.15, 0.2) is 72.9 Å². The number of methoxy groups -OCH3 is 1. The molecule has 2 heterocycles. The molecule has 37 heavy (non-hydrogen) atoms. The molecule has 0 aliphatic rings. The zero-order valence-electron chi connectivity index (χ0n) is 19.7. The number of pyridine rings is 1. The van der Waals surface area contributed by atoms with Crippen LogP contribution in [0.3, 0.4) is 0 Å². The molecule has 2 aromatic carbocycles. The molecule has 4 rings (SSSR count). The Hall–Kier alpha value is -4.12. The number of nitrogens with one attached hydrogen (secondary N) is 2. The molecule has 0 aliphatic heterocycles. The van der Waals surface area contributed by atoms with E-state index in [4.69, 9.17) is 16.3 Å². The minimum absolute atomic E-state index is 0.0131. The molecule has 0 saturated heterocycles. The second-order valence-corrected chi connectivity index (χ2v) is 8.37. The maximum Gasteiger partial charge on any atom is 0.271 e. The van der Waals surface area contributed by atoms with Crippen molar-refractivity contribution in [3.05, 3.63) is 95.0 Å². The lowest BCUT2D eigenvalue weighted by atomic mass is 10.1. The Kier molecular flexibility index (Phi) is 8.24. The molecular formula is C26H23ClFN5O4. The zero-order valence-corrected chi connectivity index (χ0v) is 20.4. The highest BCUT2D eigenvalue weighted by Gasteiger charge is 2.20. The van der Waals surface area contributed by atoms with Gasteiger partial charge in [0, 0.05) is 31.5 Å². The fourth-order valence-corrected chi connectivity index (χ4v) is 3.73. The van der Waals surface area contributed by atoms with Crippen molar-refractivity contribution in [2.24, 2.45) is 0 Å². The number of para-hydroxylation sites is 1. The van der Waals surface area contributed by atoms with Gasteiger partial charge in [-0.15, -0.1) is 0 Å². The number of amides is 2. The number of carbonyl (C=O) groups is 2. The van der Waals surface area contributed by atoms with Crippen LogP contribution >= 0.6 is 11.6 Å². The van der Waals surface area contributed by atoms with Crippen LogP contribution in [-0.4, -0.2) is 58.1 Å². The molecule has 0 fully saturated rings. The third-order valence-corrected chi connectivity index (χ3v) is 5.61. The first-order valence-electron chi connectivity index (χ1n) is 11.2. The summed E-state index contributed by atoms with van der Waals surface area (Å²) in [6.45, 7) is 0.0152. The predicted molar refractivity (Wildman–Crippen MR) is 136 cm³/mol. The standard InChI is InChI=1S/C26H23ClFN5O4/c1-37-15-18(34)14-30-26(36)22-13-23(33(32-22)17-6-3-2-4-7-17)31-25(35)19-12-16(9-10-20(19)27)24-21(28)8-5-11-29-24/h2-13,18,34H,14-15H2,1H3,(H,30,36)(H,31,35). The molecular weight excluding hydrogens is 501 g/mol. The van der Waals surface area contributed by atoms with Gasteiger partial charge < -0.3 is 20.5 Å². The number of aliphatic hydroxyl groups excluding tert-OH is 1. The predicted octanol–water partition coefficient (Wildman–Crippen LogP) is 3.72. The van der Waals surface area contributed by atoms with E-state index in [9.17, 15) is 19.1 Å². The lowest BCUT2D eigenvalue weighted by Crippen LogP contribution is -2.34. The minimum Gasteiger partial charge on any atom is -0.389 e. The minimum atomic E-state index is -0.886. The van der Waals surface area contributed by atoms with Crippen molar-refractivity contribution in [2.75, 3.05) is 25.6 Å². The van der Waals surface area contributed by atoms with E-state index >= 15 is 0 Å². The Balaban J connectivity index is 1.64. The molecule has 2 aromatic heterocycles. The second kappa shape index (κ2) is 11.7. The molecule has 0 radical (unpaired) electrons. The number of anilines is 1. The van der Waals surface area contributed by atoms with E-state index in [0.717, 1.165) is 0 Å². The number of carbonyl (C=O) groups excluding carboxylic acids is 2. The maximum atomic E-state index is 14.3. The van der Waals surface area contributed by atoms with E-state index in [0.29, 0.717) is 11.3 Å².